The van der Waals surface area contributed by atoms with Crippen LogP contribution in [0.4, 0.5) is 0 Å². The van der Waals surface area contributed by atoms with Crippen molar-refractivity contribution in [2.75, 3.05) is 13.2 Å². The van der Waals surface area contributed by atoms with Crippen molar-refractivity contribution >= 4 is 27.8 Å². The number of nitrogens with zero attached hydrogens (tertiary/aromatic N) is 1. The van der Waals surface area contributed by atoms with E-state index in [2.05, 4.69) is 10.3 Å². The molecule has 1 amide bonds. The van der Waals surface area contributed by atoms with E-state index in [1.54, 1.807) is 36.7 Å². The van der Waals surface area contributed by atoms with Crippen molar-refractivity contribution in [2.45, 2.75) is 0 Å². The summed E-state index contributed by atoms with van der Waals surface area (Å²) in [7, 11) is 0. The molecule has 0 atom stereocenters. The van der Waals surface area contributed by atoms with Gasteiger partial charge in [-0.05, 0) is 30.3 Å². The van der Waals surface area contributed by atoms with Gasteiger partial charge in [-0.25, -0.2) is 4.79 Å². The maximum atomic E-state index is 12.0. The van der Waals surface area contributed by atoms with Crippen molar-refractivity contribution in [1.82, 2.24) is 10.3 Å². The maximum absolute atomic E-state index is 12.0. The average Bonchev–Trinajstić information content (AvgIpc) is 3.13. The molecule has 0 fully saturated rings. The summed E-state index contributed by atoms with van der Waals surface area (Å²) in [6.45, 7) is 0.447. The number of pyridine rings is 1. The van der Waals surface area contributed by atoms with Crippen LogP contribution in [-0.4, -0.2) is 24.0 Å². The summed E-state index contributed by atoms with van der Waals surface area (Å²) < 4.78 is 16.5. The van der Waals surface area contributed by atoms with Crippen LogP contribution in [0.2, 0.25) is 0 Å². The topological polar surface area (TPSA) is 94.6 Å². The third-order valence-electron chi connectivity index (χ3n) is 3.84. The van der Waals surface area contributed by atoms with Gasteiger partial charge >= 0.3 is 5.63 Å². The Morgan fingerprint density at radius 1 is 1.15 bits per heavy atom. The molecule has 26 heavy (non-hydrogen) atoms. The quantitative estimate of drug-likeness (QED) is 0.439. The molecule has 3 heterocycles. The molecule has 0 aliphatic heterocycles. The first kappa shape index (κ1) is 15.9. The smallest absolute Gasteiger partial charge is 0.336 e. The number of nitrogens with one attached hydrogen (secondary N) is 1. The van der Waals surface area contributed by atoms with E-state index >= 15 is 0 Å². The van der Waals surface area contributed by atoms with Gasteiger partial charge in [0.25, 0.3) is 5.91 Å². The molecule has 1 N–H and O–H groups in total. The zero-order valence-electron chi connectivity index (χ0n) is 13.6. The zero-order chi connectivity index (χ0) is 17.9. The van der Waals surface area contributed by atoms with Crippen molar-refractivity contribution in [3.63, 3.8) is 0 Å². The predicted molar refractivity (Wildman–Crippen MR) is 94.3 cm³/mol. The second-order valence-electron chi connectivity index (χ2n) is 5.56. The molecule has 130 valence electrons. The second-order valence-corrected chi connectivity index (χ2v) is 5.56. The molecule has 7 nitrogen and oxygen atoms in total. The summed E-state index contributed by atoms with van der Waals surface area (Å²) >= 11 is 0. The van der Waals surface area contributed by atoms with Crippen molar-refractivity contribution in [2.24, 2.45) is 0 Å². The number of amides is 1. The Bertz CT molecular complexity index is 1130. The fourth-order valence-corrected chi connectivity index (χ4v) is 2.65. The van der Waals surface area contributed by atoms with Crippen LogP contribution in [0.15, 0.2) is 68.7 Å². The van der Waals surface area contributed by atoms with Crippen LogP contribution in [0.25, 0.3) is 21.9 Å². The van der Waals surface area contributed by atoms with E-state index in [1.165, 1.54) is 12.3 Å². The summed E-state index contributed by atoms with van der Waals surface area (Å²) in [5.74, 6) is 0.102. The predicted octanol–water partition coefficient (Wildman–Crippen LogP) is 2.74. The number of carbonyl (C=O) groups excluding carboxylic acids is 1. The third kappa shape index (κ3) is 3.02. The number of ether oxygens (including phenoxy) is 1. The largest absolute Gasteiger partial charge is 0.484 e. The number of hydrogen-bond donors (Lipinski definition) is 1. The van der Waals surface area contributed by atoms with Gasteiger partial charge in [0.05, 0.1) is 18.4 Å². The van der Waals surface area contributed by atoms with Crippen LogP contribution in [0.1, 0.15) is 10.4 Å². The number of hydrogen-bond acceptors (Lipinski definition) is 6. The van der Waals surface area contributed by atoms with Gasteiger partial charge in [0.15, 0.2) is 11.2 Å². The Hall–Kier alpha value is -3.61. The highest BCUT2D eigenvalue weighted by Gasteiger charge is 2.15. The Balaban J connectivity index is 1.53. The Kier molecular flexibility index (Phi) is 4.10. The van der Waals surface area contributed by atoms with E-state index in [0.29, 0.717) is 22.5 Å². The normalized spacial score (nSPS) is 10.9. The molecular weight excluding hydrogens is 336 g/mol. The molecule has 0 spiro atoms. The minimum absolute atomic E-state index is 0.180. The summed E-state index contributed by atoms with van der Waals surface area (Å²) in [5.41, 5.74) is 0.805. The summed E-state index contributed by atoms with van der Waals surface area (Å²) in [6, 6.07) is 10.0. The van der Waals surface area contributed by atoms with E-state index in [-0.39, 0.29) is 19.1 Å². The monoisotopic (exact) mass is 350 g/mol. The van der Waals surface area contributed by atoms with Crippen molar-refractivity contribution < 1.29 is 18.4 Å². The van der Waals surface area contributed by atoms with Crippen LogP contribution in [0.3, 0.4) is 0 Å². The van der Waals surface area contributed by atoms with Crippen LogP contribution >= 0.6 is 0 Å². The molecule has 0 saturated heterocycles. The molecule has 0 aliphatic carbocycles. The van der Waals surface area contributed by atoms with Gasteiger partial charge in [-0.15, -0.1) is 0 Å². The second kappa shape index (κ2) is 6.72. The lowest BCUT2D eigenvalue weighted by molar-refractivity contribution is 0.0947. The first-order chi connectivity index (χ1) is 12.7. The average molecular weight is 350 g/mol. The van der Waals surface area contributed by atoms with E-state index in [4.69, 9.17) is 13.6 Å². The molecule has 0 bridgehead atoms. The van der Waals surface area contributed by atoms with Crippen LogP contribution in [0.5, 0.6) is 5.75 Å². The standard InChI is InChI=1S/C19H14N2O5/c22-15-4-3-12-10-13-5-8-24-16(13)18(17(12)26-15)25-9-7-21-19(23)14-2-1-6-20-11-14/h1-6,8,10-11H,7,9H2,(H,21,23). The molecule has 4 rings (SSSR count). The molecule has 0 saturated carbocycles. The van der Waals surface area contributed by atoms with Crippen LogP contribution in [-0.2, 0) is 0 Å². The number of fused-ring (bicyclic) bond motifs is 2. The SMILES string of the molecule is O=C(NCCOc1c2occc2cc2ccc(=O)oc12)c1cccnc1. The Morgan fingerprint density at radius 3 is 2.88 bits per heavy atom. The molecule has 3 aromatic heterocycles. The molecule has 0 radical (unpaired) electrons. The Labute approximate surface area is 147 Å². The Morgan fingerprint density at radius 2 is 2.04 bits per heavy atom. The molecule has 0 unspecified atom stereocenters. The van der Waals surface area contributed by atoms with Crippen molar-refractivity contribution in [1.29, 1.82) is 0 Å². The van der Waals surface area contributed by atoms with E-state index in [1.807, 2.05) is 6.07 Å². The number of aromatic nitrogens is 1. The first-order valence-electron chi connectivity index (χ1n) is 7.97. The minimum atomic E-state index is -0.474. The minimum Gasteiger partial charge on any atom is -0.484 e. The summed E-state index contributed by atoms with van der Waals surface area (Å²) in [4.78, 5) is 27.5. The molecule has 1 aromatic carbocycles. The van der Waals surface area contributed by atoms with Crippen LogP contribution in [0, 0.1) is 0 Å². The van der Waals surface area contributed by atoms with E-state index < -0.39 is 5.63 Å². The van der Waals surface area contributed by atoms with Gasteiger partial charge < -0.3 is 18.9 Å². The lowest BCUT2D eigenvalue weighted by Crippen LogP contribution is -2.28. The molecule has 4 aromatic rings. The molecule has 0 aliphatic rings. The fourth-order valence-electron chi connectivity index (χ4n) is 2.65. The fraction of sp³-hybridized carbons (Fsp3) is 0.105. The van der Waals surface area contributed by atoms with Crippen molar-refractivity contribution in [3.8, 4) is 5.75 Å². The molecular formula is C19H14N2O5. The number of carbonyl (C=O) groups is 1. The highest BCUT2D eigenvalue weighted by atomic mass is 16.5. The first-order valence-corrected chi connectivity index (χ1v) is 7.97. The van der Waals surface area contributed by atoms with Gasteiger partial charge in [0.2, 0.25) is 5.75 Å². The third-order valence-corrected chi connectivity index (χ3v) is 3.84. The molecule has 7 heteroatoms. The number of furan rings is 1. The summed E-state index contributed by atoms with van der Waals surface area (Å²) in [6.07, 6.45) is 4.63. The lowest BCUT2D eigenvalue weighted by Gasteiger charge is -2.10. The highest BCUT2D eigenvalue weighted by molar-refractivity contribution is 6.00. The van der Waals surface area contributed by atoms with Crippen molar-refractivity contribution in [3.05, 3.63) is 71.0 Å². The van der Waals surface area contributed by atoms with Gasteiger partial charge in [-0.2, -0.15) is 0 Å². The summed E-state index contributed by atoms with van der Waals surface area (Å²) in [5, 5.41) is 4.31. The number of rotatable bonds is 5. The van der Waals surface area contributed by atoms with E-state index in [9.17, 15) is 9.59 Å². The number of benzene rings is 1. The lowest BCUT2D eigenvalue weighted by atomic mass is 10.1. The van der Waals surface area contributed by atoms with Gasteiger partial charge in [0, 0.05) is 29.2 Å². The van der Waals surface area contributed by atoms with Gasteiger partial charge in [0.1, 0.15) is 6.61 Å². The van der Waals surface area contributed by atoms with E-state index in [0.717, 1.165) is 10.8 Å². The van der Waals surface area contributed by atoms with Crippen LogP contribution < -0.4 is 15.7 Å². The highest BCUT2D eigenvalue weighted by Crippen LogP contribution is 2.34. The van der Waals surface area contributed by atoms with Gasteiger partial charge in [-0.1, -0.05) is 0 Å². The zero-order valence-corrected chi connectivity index (χ0v) is 13.6. The maximum Gasteiger partial charge on any atom is 0.336 e. The van der Waals surface area contributed by atoms with Gasteiger partial charge in [-0.3, -0.25) is 9.78 Å².